The number of imidazole rings is 1. The van der Waals surface area contributed by atoms with Gasteiger partial charge in [-0.2, -0.15) is 8.42 Å². The first-order valence-corrected chi connectivity index (χ1v) is 7.78. The quantitative estimate of drug-likeness (QED) is 0.847. The topological polar surface area (TPSA) is 76.9 Å². The van der Waals surface area contributed by atoms with Gasteiger partial charge in [-0.25, -0.2) is 9.97 Å². The Morgan fingerprint density at radius 1 is 1.42 bits per heavy atom. The maximum Gasteiger partial charge on any atom is 0.282 e. The molecule has 0 unspecified atom stereocenters. The van der Waals surface area contributed by atoms with E-state index in [1.807, 2.05) is 6.92 Å². The number of sulfonamides is 1. The predicted octanol–water partition coefficient (Wildman–Crippen LogP) is 2.34. The third-order valence-corrected chi connectivity index (χ3v) is 5.06. The zero-order valence-electron chi connectivity index (χ0n) is 10.1. The molecule has 0 spiro atoms. The van der Waals surface area contributed by atoms with Crippen molar-refractivity contribution < 1.29 is 8.42 Å². The van der Waals surface area contributed by atoms with Gasteiger partial charge >= 0.3 is 0 Å². The van der Waals surface area contributed by atoms with E-state index in [0.717, 1.165) is 5.56 Å². The minimum atomic E-state index is -3.82. The molecule has 0 aliphatic rings. The van der Waals surface area contributed by atoms with Crippen LogP contribution in [0.5, 0.6) is 0 Å². The van der Waals surface area contributed by atoms with Crippen molar-refractivity contribution in [1.82, 2.24) is 14.5 Å². The molecule has 2 aromatic heterocycles. The van der Waals surface area contributed by atoms with Crippen LogP contribution in [-0.2, 0) is 17.1 Å². The third-order valence-electron chi connectivity index (χ3n) is 2.36. The summed E-state index contributed by atoms with van der Waals surface area (Å²) < 4.78 is 28.7. The standard InChI is InChI=1S/C10H10BrClN4O2S/c1-6-3-7(4-13-8(6)11)15-19(17,18)10-9(12)16(2)5-14-10/h3-5,15H,1-2H3. The second kappa shape index (κ2) is 5.10. The molecule has 0 amide bonds. The lowest BCUT2D eigenvalue weighted by Crippen LogP contribution is -2.14. The van der Waals surface area contributed by atoms with Gasteiger partial charge in [-0.3, -0.25) is 4.72 Å². The number of pyridine rings is 1. The van der Waals surface area contributed by atoms with Crippen molar-refractivity contribution in [3.05, 3.63) is 33.9 Å². The lowest BCUT2D eigenvalue weighted by molar-refractivity contribution is 0.598. The summed E-state index contributed by atoms with van der Waals surface area (Å²) in [5.41, 5.74) is 1.16. The minimum absolute atomic E-state index is 0.0503. The fraction of sp³-hybridized carbons (Fsp3) is 0.200. The van der Waals surface area contributed by atoms with Crippen LogP contribution in [0.2, 0.25) is 5.15 Å². The predicted molar refractivity (Wildman–Crippen MR) is 75.7 cm³/mol. The molecule has 9 heteroatoms. The molecule has 0 fully saturated rings. The Balaban J connectivity index is 2.36. The molecule has 0 saturated carbocycles. The van der Waals surface area contributed by atoms with E-state index in [9.17, 15) is 8.42 Å². The van der Waals surface area contributed by atoms with Gasteiger partial charge in [0, 0.05) is 7.05 Å². The summed E-state index contributed by atoms with van der Waals surface area (Å²) in [6, 6.07) is 1.66. The van der Waals surface area contributed by atoms with Crippen molar-refractivity contribution in [2.75, 3.05) is 4.72 Å². The van der Waals surface area contributed by atoms with E-state index in [1.54, 1.807) is 13.1 Å². The van der Waals surface area contributed by atoms with Crippen LogP contribution in [0.25, 0.3) is 0 Å². The van der Waals surface area contributed by atoms with Crippen LogP contribution < -0.4 is 4.72 Å². The molecule has 2 rings (SSSR count). The van der Waals surface area contributed by atoms with Gasteiger partial charge in [0.15, 0.2) is 0 Å². The average Bonchev–Trinajstić information content (AvgIpc) is 2.65. The van der Waals surface area contributed by atoms with Gasteiger partial charge in [0.25, 0.3) is 10.0 Å². The molecule has 0 bridgehead atoms. The number of aryl methyl sites for hydroxylation is 2. The summed E-state index contributed by atoms with van der Waals surface area (Å²) in [7, 11) is -2.21. The Hall–Kier alpha value is -1.12. The molecule has 2 heterocycles. The average molecular weight is 366 g/mol. The summed E-state index contributed by atoms with van der Waals surface area (Å²) >= 11 is 9.12. The molecule has 1 N–H and O–H groups in total. The molecule has 0 aromatic carbocycles. The van der Waals surface area contributed by atoms with Crippen LogP contribution in [-0.4, -0.2) is 23.0 Å². The van der Waals surface area contributed by atoms with E-state index < -0.39 is 10.0 Å². The number of hydrogen-bond donors (Lipinski definition) is 1. The molecule has 0 aliphatic heterocycles. The van der Waals surface area contributed by atoms with Gasteiger partial charge in [0.2, 0.25) is 5.03 Å². The molecule has 6 nitrogen and oxygen atoms in total. The van der Waals surface area contributed by atoms with Crippen LogP contribution >= 0.6 is 27.5 Å². The SMILES string of the molecule is Cc1cc(NS(=O)(=O)c2ncn(C)c2Cl)cnc1Br. The highest BCUT2D eigenvalue weighted by molar-refractivity contribution is 9.10. The van der Waals surface area contributed by atoms with Crippen LogP contribution in [0.15, 0.2) is 28.2 Å². The van der Waals surface area contributed by atoms with Crippen LogP contribution in [0.4, 0.5) is 5.69 Å². The van der Waals surface area contributed by atoms with Crippen molar-refractivity contribution in [3.8, 4) is 0 Å². The Bertz CT molecular complexity index is 729. The van der Waals surface area contributed by atoms with E-state index in [-0.39, 0.29) is 10.2 Å². The van der Waals surface area contributed by atoms with E-state index in [0.29, 0.717) is 10.3 Å². The van der Waals surface area contributed by atoms with E-state index in [4.69, 9.17) is 11.6 Å². The lowest BCUT2D eigenvalue weighted by atomic mass is 10.3. The number of nitrogens with one attached hydrogen (secondary N) is 1. The van der Waals surface area contributed by atoms with Gasteiger partial charge in [-0.05, 0) is 34.5 Å². The number of aromatic nitrogens is 3. The molecule has 0 atom stereocenters. The summed E-state index contributed by atoms with van der Waals surface area (Å²) in [5.74, 6) is 0. The number of halogens is 2. The molecule has 2 aromatic rings. The third kappa shape index (κ3) is 2.90. The van der Waals surface area contributed by atoms with Crippen molar-refractivity contribution >= 4 is 43.2 Å². The van der Waals surface area contributed by atoms with Crippen LogP contribution in [0.3, 0.4) is 0 Å². The second-order valence-corrected chi connectivity index (χ2v) is 6.60. The van der Waals surface area contributed by atoms with Gasteiger partial charge in [0.05, 0.1) is 18.2 Å². The van der Waals surface area contributed by atoms with Crippen molar-refractivity contribution in [2.45, 2.75) is 11.9 Å². The minimum Gasteiger partial charge on any atom is -0.324 e. The van der Waals surface area contributed by atoms with E-state index in [2.05, 4.69) is 30.6 Å². The zero-order chi connectivity index (χ0) is 14.2. The van der Waals surface area contributed by atoms with E-state index >= 15 is 0 Å². The zero-order valence-corrected chi connectivity index (χ0v) is 13.2. The van der Waals surface area contributed by atoms with Gasteiger partial charge in [-0.15, -0.1) is 0 Å². The molecule has 102 valence electrons. The highest BCUT2D eigenvalue weighted by Crippen LogP contribution is 2.23. The highest BCUT2D eigenvalue weighted by Gasteiger charge is 2.22. The largest absolute Gasteiger partial charge is 0.324 e. The molecular weight excluding hydrogens is 356 g/mol. The number of hydrogen-bond acceptors (Lipinski definition) is 4. The van der Waals surface area contributed by atoms with Crippen molar-refractivity contribution in [3.63, 3.8) is 0 Å². The number of anilines is 1. The number of nitrogens with zero attached hydrogens (tertiary/aromatic N) is 3. The Kier molecular flexibility index (Phi) is 3.84. The first kappa shape index (κ1) is 14.3. The van der Waals surface area contributed by atoms with Crippen molar-refractivity contribution in [1.29, 1.82) is 0 Å². The Morgan fingerprint density at radius 3 is 2.63 bits per heavy atom. The van der Waals surface area contributed by atoms with Gasteiger partial charge < -0.3 is 4.57 Å². The monoisotopic (exact) mass is 364 g/mol. The van der Waals surface area contributed by atoms with Crippen LogP contribution in [0.1, 0.15) is 5.56 Å². The fourth-order valence-corrected chi connectivity index (χ4v) is 3.08. The second-order valence-electron chi connectivity index (χ2n) is 3.89. The molecule has 19 heavy (non-hydrogen) atoms. The van der Waals surface area contributed by atoms with E-state index in [1.165, 1.54) is 17.1 Å². The normalized spacial score (nSPS) is 11.6. The smallest absolute Gasteiger partial charge is 0.282 e. The first-order valence-electron chi connectivity index (χ1n) is 5.13. The fourth-order valence-electron chi connectivity index (χ4n) is 1.39. The maximum atomic E-state index is 12.1. The van der Waals surface area contributed by atoms with Gasteiger partial charge in [-0.1, -0.05) is 11.6 Å². The summed E-state index contributed by atoms with van der Waals surface area (Å²) in [6.07, 6.45) is 2.74. The summed E-state index contributed by atoms with van der Waals surface area (Å²) in [4.78, 5) is 7.79. The lowest BCUT2D eigenvalue weighted by Gasteiger charge is -2.07. The molecule has 0 aliphatic carbocycles. The maximum absolute atomic E-state index is 12.1. The highest BCUT2D eigenvalue weighted by atomic mass is 79.9. The summed E-state index contributed by atoms with van der Waals surface area (Å²) in [6.45, 7) is 1.81. The van der Waals surface area contributed by atoms with Gasteiger partial charge in [0.1, 0.15) is 9.76 Å². The van der Waals surface area contributed by atoms with Crippen LogP contribution in [0, 0.1) is 6.92 Å². The molecule has 0 radical (unpaired) electrons. The Labute approximate surface area is 124 Å². The summed E-state index contributed by atoms with van der Waals surface area (Å²) in [5, 5.41) is -0.161. The molecular formula is C10H10BrClN4O2S. The molecule has 0 saturated heterocycles. The number of rotatable bonds is 3. The van der Waals surface area contributed by atoms with Crippen molar-refractivity contribution in [2.24, 2.45) is 7.05 Å². The Morgan fingerprint density at radius 2 is 2.11 bits per heavy atom. The first-order chi connectivity index (χ1) is 8.81.